The van der Waals surface area contributed by atoms with Crippen LogP contribution in [0.1, 0.15) is 16.8 Å². The summed E-state index contributed by atoms with van der Waals surface area (Å²) in [7, 11) is 0. The molecular formula is C19H20N2OS. The first-order valence-corrected chi connectivity index (χ1v) is 8.71. The van der Waals surface area contributed by atoms with Gasteiger partial charge in [-0.1, -0.05) is 72.4 Å². The minimum atomic E-state index is -0.0198. The molecule has 0 saturated heterocycles. The van der Waals surface area contributed by atoms with E-state index in [9.17, 15) is 5.11 Å². The van der Waals surface area contributed by atoms with Crippen LogP contribution in [0.4, 0.5) is 0 Å². The SMILES string of the molecule is OCc1cn(Cc2ccccc2)c(SCCc2ccccc2)n1. The summed E-state index contributed by atoms with van der Waals surface area (Å²) in [6.07, 6.45) is 2.95. The van der Waals surface area contributed by atoms with E-state index >= 15 is 0 Å². The molecule has 0 fully saturated rings. The number of aryl methyl sites for hydroxylation is 1. The number of aliphatic hydroxyl groups is 1. The smallest absolute Gasteiger partial charge is 0.168 e. The third kappa shape index (κ3) is 4.47. The molecule has 0 aliphatic heterocycles. The van der Waals surface area contributed by atoms with Gasteiger partial charge in [-0.3, -0.25) is 0 Å². The van der Waals surface area contributed by atoms with Crippen molar-refractivity contribution >= 4 is 11.8 Å². The van der Waals surface area contributed by atoms with Crippen LogP contribution in [0.5, 0.6) is 0 Å². The summed E-state index contributed by atoms with van der Waals surface area (Å²) in [5, 5.41) is 10.3. The lowest BCUT2D eigenvalue weighted by Crippen LogP contribution is -2.01. The highest BCUT2D eigenvalue weighted by atomic mass is 32.2. The van der Waals surface area contributed by atoms with Gasteiger partial charge < -0.3 is 9.67 Å². The number of hydrogen-bond donors (Lipinski definition) is 1. The Morgan fingerprint density at radius 3 is 2.22 bits per heavy atom. The average molecular weight is 324 g/mol. The van der Waals surface area contributed by atoms with Crippen molar-refractivity contribution < 1.29 is 5.11 Å². The van der Waals surface area contributed by atoms with Gasteiger partial charge >= 0.3 is 0 Å². The Morgan fingerprint density at radius 2 is 1.57 bits per heavy atom. The molecule has 0 spiro atoms. The summed E-state index contributed by atoms with van der Waals surface area (Å²) in [5.74, 6) is 0.973. The summed E-state index contributed by atoms with van der Waals surface area (Å²) < 4.78 is 2.12. The van der Waals surface area contributed by atoms with Crippen molar-refractivity contribution in [1.29, 1.82) is 0 Å². The molecule has 118 valence electrons. The lowest BCUT2D eigenvalue weighted by molar-refractivity contribution is 0.277. The van der Waals surface area contributed by atoms with Crippen molar-refractivity contribution in [2.24, 2.45) is 0 Å². The van der Waals surface area contributed by atoms with Crippen molar-refractivity contribution in [3.05, 3.63) is 83.7 Å². The van der Waals surface area contributed by atoms with Crippen molar-refractivity contribution in [2.75, 3.05) is 5.75 Å². The highest BCUT2D eigenvalue weighted by Crippen LogP contribution is 2.20. The molecule has 23 heavy (non-hydrogen) atoms. The molecule has 2 aromatic carbocycles. The zero-order valence-corrected chi connectivity index (χ0v) is 13.7. The fourth-order valence-corrected chi connectivity index (χ4v) is 3.43. The Kier molecular flexibility index (Phi) is 5.51. The normalized spacial score (nSPS) is 10.8. The Hall–Kier alpha value is -2.04. The quantitative estimate of drug-likeness (QED) is 0.673. The number of benzene rings is 2. The van der Waals surface area contributed by atoms with Crippen LogP contribution in [0.3, 0.4) is 0 Å². The van der Waals surface area contributed by atoms with Crippen LogP contribution in [0.2, 0.25) is 0 Å². The van der Waals surface area contributed by atoms with Crippen molar-refractivity contribution in [1.82, 2.24) is 9.55 Å². The van der Waals surface area contributed by atoms with Gasteiger partial charge in [0.25, 0.3) is 0 Å². The Morgan fingerprint density at radius 1 is 0.913 bits per heavy atom. The summed E-state index contributed by atoms with van der Waals surface area (Å²) in [6.45, 7) is 0.759. The molecule has 0 saturated carbocycles. The number of aliphatic hydroxyl groups excluding tert-OH is 1. The molecule has 1 N–H and O–H groups in total. The van der Waals surface area contributed by atoms with E-state index in [0.717, 1.165) is 29.6 Å². The minimum Gasteiger partial charge on any atom is -0.390 e. The van der Waals surface area contributed by atoms with E-state index in [1.807, 2.05) is 30.5 Å². The van der Waals surface area contributed by atoms with Crippen LogP contribution in [0.25, 0.3) is 0 Å². The van der Waals surface area contributed by atoms with Crippen molar-refractivity contribution in [2.45, 2.75) is 24.7 Å². The molecule has 3 aromatic rings. The largest absolute Gasteiger partial charge is 0.390 e. The molecule has 3 nitrogen and oxygen atoms in total. The zero-order valence-electron chi connectivity index (χ0n) is 12.9. The molecule has 0 bridgehead atoms. The topological polar surface area (TPSA) is 38.0 Å². The second kappa shape index (κ2) is 7.99. The Labute approximate surface area is 141 Å². The monoisotopic (exact) mass is 324 g/mol. The second-order valence-corrected chi connectivity index (χ2v) is 6.43. The molecule has 1 aromatic heterocycles. The van der Waals surface area contributed by atoms with Crippen LogP contribution in [-0.4, -0.2) is 20.4 Å². The molecule has 1 heterocycles. The highest BCUT2D eigenvalue weighted by Gasteiger charge is 2.09. The fraction of sp³-hybridized carbons (Fsp3) is 0.211. The number of aromatic nitrogens is 2. The highest BCUT2D eigenvalue weighted by molar-refractivity contribution is 7.99. The molecule has 0 atom stereocenters. The number of nitrogens with zero attached hydrogens (tertiary/aromatic N) is 2. The van der Waals surface area contributed by atoms with Crippen LogP contribution >= 0.6 is 11.8 Å². The van der Waals surface area contributed by atoms with E-state index in [1.165, 1.54) is 11.1 Å². The molecule has 0 radical (unpaired) electrons. The minimum absolute atomic E-state index is 0.0198. The van der Waals surface area contributed by atoms with Gasteiger partial charge in [0.2, 0.25) is 0 Å². The van der Waals surface area contributed by atoms with Crippen molar-refractivity contribution in [3.63, 3.8) is 0 Å². The second-order valence-electron chi connectivity index (χ2n) is 5.37. The van der Waals surface area contributed by atoms with E-state index in [1.54, 1.807) is 11.8 Å². The van der Waals surface area contributed by atoms with Gasteiger partial charge in [0.15, 0.2) is 5.16 Å². The first kappa shape index (κ1) is 15.8. The third-order valence-electron chi connectivity index (χ3n) is 3.61. The first-order valence-electron chi connectivity index (χ1n) is 7.72. The van der Waals surface area contributed by atoms with Gasteiger partial charge in [-0.2, -0.15) is 0 Å². The zero-order chi connectivity index (χ0) is 15.9. The molecule has 4 heteroatoms. The van der Waals surface area contributed by atoms with Crippen LogP contribution in [0, 0.1) is 0 Å². The van der Waals surface area contributed by atoms with E-state index in [0.29, 0.717) is 0 Å². The van der Waals surface area contributed by atoms with Crippen molar-refractivity contribution in [3.8, 4) is 0 Å². The summed E-state index contributed by atoms with van der Waals surface area (Å²) in [6, 6.07) is 20.8. The predicted molar refractivity (Wildman–Crippen MR) is 94.6 cm³/mol. The Bertz CT molecular complexity index is 726. The number of imidazole rings is 1. The maximum absolute atomic E-state index is 9.36. The van der Waals surface area contributed by atoms with Gasteiger partial charge in [0.1, 0.15) is 0 Å². The maximum Gasteiger partial charge on any atom is 0.168 e. The lowest BCUT2D eigenvalue weighted by Gasteiger charge is -2.07. The first-order chi connectivity index (χ1) is 11.3. The average Bonchev–Trinajstić information content (AvgIpc) is 2.99. The molecule has 0 unspecified atom stereocenters. The number of rotatable bonds is 7. The summed E-state index contributed by atoms with van der Waals surface area (Å²) in [5.41, 5.74) is 3.30. The maximum atomic E-state index is 9.36. The van der Waals surface area contributed by atoms with Gasteiger partial charge in [-0.25, -0.2) is 4.98 Å². The van der Waals surface area contributed by atoms with E-state index in [4.69, 9.17) is 0 Å². The van der Waals surface area contributed by atoms with Gasteiger partial charge in [0.05, 0.1) is 12.3 Å². The van der Waals surface area contributed by atoms with Crippen LogP contribution < -0.4 is 0 Å². The van der Waals surface area contributed by atoms with E-state index in [2.05, 4.69) is 45.9 Å². The molecule has 0 amide bonds. The Balaban J connectivity index is 1.67. The third-order valence-corrected chi connectivity index (χ3v) is 4.60. The number of thioether (sulfide) groups is 1. The van der Waals surface area contributed by atoms with Gasteiger partial charge in [-0.15, -0.1) is 0 Å². The van der Waals surface area contributed by atoms with Gasteiger partial charge in [-0.05, 0) is 17.5 Å². The lowest BCUT2D eigenvalue weighted by atomic mass is 10.2. The molecule has 0 aliphatic rings. The fourth-order valence-electron chi connectivity index (χ4n) is 2.44. The molecule has 0 aliphatic carbocycles. The van der Waals surface area contributed by atoms with Crippen LogP contribution in [0.15, 0.2) is 72.0 Å². The van der Waals surface area contributed by atoms with E-state index < -0.39 is 0 Å². The summed E-state index contributed by atoms with van der Waals surface area (Å²) >= 11 is 1.74. The van der Waals surface area contributed by atoms with Gasteiger partial charge in [0, 0.05) is 18.5 Å². The summed E-state index contributed by atoms with van der Waals surface area (Å²) in [4.78, 5) is 4.53. The van der Waals surface area contributed by atoms with E-state index in [-0.39, 0.29) is 6.61 Å². The molecular weight excluding hydrogens is 304 g/mol. The predicted octanol–water partition coefficient (Wildman–Crippen LogP) is 3.76. The number of hydrogen-bond acceptors (Lipinski definition) is 3. The standard InChI is InChI=1S/C19H20N2OS/c22-15-18-14-21(13-17-9-5-2-6-10-17)19(20-18)23-12-11-16-7-3-1-4-8-16/h1-10,14,22H,11-13,15H2. The molecule has 3 rings (SSSR count). The van der Waals surface area contributed by atoms with Crippen LogP contribution in [-0.2, 0) is 19.6 Å².